The zero-order valence-electron chi connectivity index (χ0n) is 45.4. The number of benzene rings is 3. The van der Waals surface area contributed by atoms with Gasteiger partial charge in [-0.1, -0.05) is 96.1 Å². The molecule has 18 nitrogen and oxygen atoms in total. The molecule has 0 saturated carbocycles. The third-order valence-electron chi connectivity index (χ3n) is 14.8. The number of hydrogen-bond acceptors (Lipinski definition) is 10. The molecule has 1 saturated heterocycles. The first-order valence-electron chi connectivity index (χ1n) is 26.5. The molecule has 0 unspecified atom stereocenters. The number of likely N-dealkylation sites (N-methyl/N-ethyl adjacent to an activating group) is 2. The Morgan fingerprint density at radius 3 is 1.67 bits per heavy atom. The standard InChI is InChI=1S/C57H80N10O8/c1-33(58-9)48(68)65-46(56(3,4)5)54(74)64-44(52(72)62-42-26-16-20-35-18-11-13-24-40(35)42)28-29-60-50(70)37-22-15-23-38(30-37)51(71)61-39-31-45(53(73)63-43-27-17-21-36-19-12-14-25-41(36)43)67(32-39)55(75)47(57(6,7)8)66-49(69)34(2)59-10/h11-15,18-19,22-25,30,33-34,39,42-47,58-59H,16-17,20-21,26-29,31-32H2,1-10H3,(H,60,70)(H,61,71)(H,62,72)(H,63,73)(H,64,74)(H,65,68)(H,66,69)/t33-,34-,39-,42+,43+,44-,45-,46+,47+/m0/s1. The molecule has 0 spiro atoms. The van der Waals surface area contributed by atoms with E-state index in [0.717, 1.165) is 54.4 Å². The molecule has 3 aromatic rings. The molecule has 406 valence electrons. The highest BCUT2D eigenvalue weighted by atomic mass is 16.2. The highest BCUT2D eigenvalue weighted by Crippen LogP contribution is 2.33. The van der Waals surface area contributed by atoms with Crippen molar-refractivity contribution >= 4 is 47.3 Å². The van der Waals surface area contributed by atoms with Crippen LogP contribution in [0.5, 0.6) is 0 Å². The van der Waals surface area contributed by atoms with E-state index >= 15 is 0 Å². The van der Waals surface area contributed by atoms with Crippen LogP contribution in [-0.2, 0) is 41.6 Å². The van der Waals surface area contributed by atoms with Gasteiger partial charge < -0.3 is 52.8 Å². The van der Waals surface area contributed by atoms with Crippen LogP contribution in [0.4, 0.5) is 0 Å². The summed E-state index contributed by atoms with van der Waals surface area (Å²) in [6, 6.07) is 15.6. The molecule has 1 heterocycles. The first-order chi connectivity index (χ1) is 35.5. The van der Waals surface area contributed by atoms with Crippen LogP contribution in [0, 0.1) is 10.8 Å². The van der Waals surface area contributed by atoms with Crippen molar-refractivity contribution in [3.8, 4) is 0 Å². The number of nitrogens with one attached hydrogen (secondary N) is 9. The molecule has 3 aromatic carbocycles. The second-order valence-corrected chi connectivity index (χ2v) is 22.5. The quantitative estimate of drug-likeness (QED) is 0.0844. The molecular formula is C57H80N10O8. The van der Waals surface area contributed by atoms with Gasteiger partial charge in [-0.15, -0.1) is 0 Å². The van der Waals surface area contributed by atoms with Gasteiger partial charge >= 0.3 is 0 Å². The Morgan fingerprint density at radius 2 is 1.12 bits per heavy atom. The number of hydrogen-bond donors (Lipinski definition) is 9. The van der Waals surface area contributed by atoms with E-state index < -0.39 is 82.7 Å². The summed E-state index contributed by atoms with van der Waals surface area (Å²) in [6.07, 6.45) is 5.10. The highest BCUT2D eigenvalue weighted by molar-refractivity contribution is 6.00. The van der Waals surface area contributed by atoms with Crippen LogP contribution in [0.3, 0.4) is 0 Å². The Bertz CT molecular complexity index is 2570. The molecule has 9 atom stereocenters. The van der Waals surface area contributed by atoms with Gasteiger partial charge in [-0.2, -0.15) is 0 Å². The zero-order chi connectivity index (χ0) is 54.8. The lowest BCUT2D eigenvalue weighted by Crippen LogP contribution is -2.60. The van der Waals surface area contributed by atoms with Crippen molar-refractivity contribution in [1.29, 1.82) is 0 Å². The van der Waals surface area contributed by atoms with E-state index in [-0.39, 0.29) is 66.9 Å². The lowest BCUT2D eigenvalue weighted by molar-refractivity contribution is -0.144. The van der Waals surface area contributed by atoms with Crippen molar-refractivity contribution in [2.75, 3.05) is 27.2 Å². The van der Waals surface area contributed by atoms with Gasteiger partial charge in [0.25, 0.3) is 11.8 Å². The lowest BCUT2D eigenvalue weighted by atomic mass is 9.85. The van der Waals surface area contributed by atoms with E-state index in [2.05, 4.69) is 53.9 Å². The van der Waals surface area contributed by atoms with Crippen molar-refractivity contribution in [1.82, 2.24) is 52.8 Å². The number of carbonyl (C=O) groups is 8. The summed E-state index contributed by atoms with van der Waals surface area (Å²) >= 11 is 0. The second-order valence-electron chi connectivity index (χ2n) is 22.5. The maximum Gasteiger partial charge on any atom is 0.251 e. The number of rotatable bonds is 19. The molecule has 18 heteroatoms. The van der Waals surface area contributed by atoms with Crippen molar-refractivity contribution in [2.45, 2.75) is 161 Å². The fourth-order valence-corrected chi connectivity index (χ4v) is 10.1. The van der Waals surface area contributed by atoms with Gasteiger partial charge in [-0.25, -0.2) is 0 Å². The van der Waals surface area contributed by atoms with Crippen molar-refractivity contribution in [3.63, 3.8) is 0 Å². The van der Waals surface area contributed by atoms with Gasteiger partial charge in [0.1, 0.15) is 24.2 Å². The predicted octanol–water partition coefficient (Wildman–Crippen LogP) is 3.66. The normalized spacial score (nSPS) is 20.3. The Balaban J connectivity index is 1.16. The van der Waals surface area contributed by atoms with Gasteiger partial charge in [0, 0.05) is 30.3 Å². The Labute approximate surface area is 442 Å². The number of likely N-dealkylation sites (tertiary alicyclic amines) is 1. The van der Waals surface area contributed by atoms with Crippen molar-refractivity contribution in [3.05, 3.63) is 106 Å². The number of amides is 8. The van der Waals surface area contributed by atoms with Gasteiger partial charge in [0.15, 0.2) is 0 Å². The largest absolute Gasteiger partial charge is 0.352 e. The molecule has 0 bridgehead atoms. The number of fused-ring (bicyclic) bond motifs is 2. The van der Waals surface area contributed by atoms with Crippen molar-refractivity contribution in [2.24, 2.45) is 10.8 Å². The second kappa shape index (κ2) is 25.2. The molecule has 6 rings (SSSR count). The third-order valence-corrected chi connectivity index (χ3v) is 14.8. The molecule has 0 radical (unpaired) electrons. The van der Waals surface area contributed by atoms with E-state index in [1.54, 1.807) is 46.1 Å². The summed E-state index contributed by atoms with van der Waals surface area (Å²) < 4.78 is 0. The monoisotopic (exact) mass is 1030 g/mol. The Hall–Kier alpha value is -6.66. The van der Waals surface area contributed by atoms with E-state index in [1.807, 2.05) is 84.0 Å². The van der Waals surface area contributed by atoms with E-state index in [4.69, 9.17) is 0 Å². The van der Waals surface area contributed by atoms with E-state index in [9.17, 15) is 38.4 Å². The molecule has 0 aromatic heterocycles. The first kappa shape index (κ1) is 57.6. The number of aryl methyl sites for hydroxylation is 2. The smallest absolute Gasteiger partial charge is 0.251 e. The van der Waals surface area contributed by atoms with E-state index in [1.165, 1.54) is 11.0 Å². The maximum atomic E-state index is 14.7. The summed E-state index contributed by atoms with van der Waals surface area (Å²) in [5.41, 5.74) is 3.21. The predicted molar refractivity (Wildman–Crippen MR) is 287 cm³/mol. The molecule has 1 aliphatic heterocycles. The Morgan fingerprint density at radius 1 is 0.600 bits per heavy atom. The summed E-state index contributed by atoms with van der Waals surface area (Å²) in [5, 5.41) is 26.6. The van der Waals surface area contributed by atoms with Crippen LogP contribution < -0.4 is 47.9 Å². The van der Waals surface area contributed by atoms with Crippen molar-refractivity contribution < 1.29 is 38.4 Å². The number of nitrogens with zero attached hydrogens (tertiary/aromatic N) is 1. The van der Waals surface area contributed by atoms with Crippen LogP contribution in [0.25, 0.3) is 0 Å². The molecule has 3 aliphatic rings. The molecule has 8 amide bonds. The third kappa shape index (κ3) is 14.8. The zero-order valence-corrected chi connectivity index (χ0v) is 45.4. The minimum Gasteiger partial charge on any atom is -0.352 e. The summed E-state index contributed by atoms with van der Waals surface area (Å²) in [6.45, 7) is 14.3. The summed E-state index contributed by atoms with van der Waals surface area (Å²) in [4.78, 5) is 113. The fraction of sp³-hybridized carbons (Fsp3) is 0.544. The molecular weight excluding hydrogens is 953 g/mol. The SMILES string of the molecule is CN[C@@H](C)C(=O)N[C@H](C(=O)N[C@@H](CCNC(=O)c1cccc(C(=O)N[C@H]2C[C@@H](C(=O)N[C@@H]3CCCc4ccccc43)N(C(=O)[C@@H](NC(=O)[C@H](C)NC)C(C)(C)C)C2)c1)C(=O)N[C@@H]1CCCc2ccccc21)C(C)(C)C. The summed E-state index contributed by atoms with van der Waals surface area (Å²) in [5.74, 6) is -3.60. The van der Waals surface area contributed by atoms with Crippen LogP contribution in [0.1, 0.15) is 149 Å². The van der Waals surface area contributed by atoms with Crippen LogP contribution in [0.2, 0.25) is 0 Å². The fourth-order valence-electron chi connectivity index (χ4n) is 10.1. The molecule has 9 N–H and O–H groups in total. The average Bonchev–Trinajstić information content (AvgIpc) is 3.81. The van der Waals surface area contributed by atoms with Gasteiger partial charge in [-0.05, 0) is 131 Å². The van der Waals surface area contributed by atoms with Gasteiger partial charge in [-0.3, -0.25) is 38.4 Å². The van der Waals surface area contributed by atoms with E-state index in [0.29, 0.717) is 6.42 Å². The highest BCUT2D eigenvalue weighted by Gasteiger charge is 2.46. The topological polar surface area (TPSA) is 248 Å². The minimum absolute atomic E-state index is 0.00273. The molecule has 1 fully saturated rings. The maximum absolute atomic E-state index is 14.7. The summed E-state index contributed by atoms with van der Waals surface area (Å²) in [7, 11) is 3.29. The van der Waals surface area contributed by atoms with Gasteiger partial charge in [0.05, 0.1) is 24.2 Å². The van der Waals surface area contributed by atoms with Crippen LogP contribution in [0.15, 0.2) is 72.8 Å². The number of carbonyl (C=O) groups excluding carboxylic acids is 8. The lowest BCUT2D eigenvalue weighted by Gasteiger charge is -2.36. The van der Waals surface area contributed by atoms with Crippen LogP contribution >= 0.6 is 0 Å². The van der Waals surface area contributed by atoms with Gasteiger partial charge in [0.2, 0.25) is 35.4 Å². The Kier molecular flexibility index (Phi) is 19.4. The first-order valence-corrected chi connectivity index (χ1v) is 26.5. The minimum atomic E-state index is -1.10. The molecule has 2 aliphatic carbocycles. The van der Waals surface area contributed by atoms with Crippen LogP contribution in [-0.4, -0.2) is 122 Å². The molecule has 75 heavy (non-hydrogen) atoms. The average molecular weight is 1030 g/mol.